The van der Waals surface area contributed by atoms with E-state index in [1.165, 1.54) is 19.3 Å². The fraction of sp³-hybridized carbons (Fsp3) is 0.562. The predicted octanol–water partition coefficient (Wildman–Crippen LogP) is 3.16. The van der Waals surface area contributed by atoms with Crippen molar-refractivity contribution in [3.05, 3.63) is 33.8 Å². The largest absolute Gasteiger partial charge is 0.349 e. The first-order valence-corrected chi connectivity index (χ1v) is 8.19. The third-order valence-electron chi connectivity index (χ3n) is 4.70. The molecule has 3 rings (SSSR count). The summed E-state index contributed by atoms with van der Waals surface area (Å²) in [5, 5.41) is 6.85. The van der Waals surface area contributed by atoms with E-state index < -0.39 is 0 Å². The number of rotatable bonds is 2. The van der Waals surface area contributed by atoms with Gasteiger partial charge in [0.05, 0.1) is 0 Å². The second-order valence-electron chi connectivity index (χ2n) is 6.19. The molecule has 2 N–H and O–H groups in total. The molecule has 20 heavy (non-hydrogen) atoms. The first-order chi connectivity index (χ1) is 9.58. The lowest BCUT2D eigenvalue weighted by atomic mass is 9.70. The van der Waals surface area contributed by atoms with Crippen LogP contribution in [-0.4, -0.2) is 24.0 Å². The molecule has 1 spiro atoms. The minimum Gasteiger partial charge on any atom is -0.349 e. The molecule has 1 aliphatic heterocycles. The fourth-order valence-electron chi connectivity index (χ4n) is 3.32. The van der Waals surface area contributed by atoms with Crippen molar-refractivity contribution in [1.29, 1.82) is 0 Å². The van der Waals surface area contributed by atoms with Crippen LogP contribution in [0.2, 0.25) is 0 Å². The number of amides is 1. The van der Waals surface area contributed by atoms with Gasteiger partial charge in [-0.15, -0.1) is 0 Å². The highest BCUT2D eigenvalue weighted by molar-refractivity contribution is 9.10. The SMILES string of the molecule is Cc1cc(C(=O)NC2CCNC3(CCC3)C2)ccc1Br. The summed E-state index contributed by atoms with van der Waals surface area (Å²) in [6.45, 7) is 3.03. The maximum atomic E-state index is 12.3. The van der Waals surface area contributed by atoms with E-state index in [4.69, 9.17) is 0 Å². The molecule has 1 unspecified atom stereocenters. The molecule has 1 atom stereocenters. The molecule has 0 aromatic heterocycles. The van der Waals surface area contributed by atoms with Crippen LogP contribution >= 0.6 is 15.9 Å². The average Bonchev–Trinajstić information content (AvgIpc) is 2.40. The van der Waals surface area contributed by atoms with Gasteiger partial charge in [0.25, 0.3) is 5.91 Å². The van der Waals surface area contributed by atoms with E-state index in [1.54, 1.807) is 0 Å². The molecule has 3 nitrogen and oxygen atoms in total. The molecule has 1 aliphatic carbocycles. The number of carbonyl (C=O) groups excluding carboxylic acids is 1. The van der Waals surface area contributed by atoms with Crippen LogP contribution in [0.15, 0.2) is 22.7 Å². The molecular weight excluding hydrogens is 316 g/mol. The molecule has 1 amide bonds. The molecule has 1 saturated heterocycles. The van der Waals surface area contributed by atoms with E-state index in [9.17, 15) is 4.79 Å². The highest BCUT2D eigenvalue weighted by Gasteiger charge is 2.41. The van der Waals surface area contributed by atoms with Gasteiger partial charge < -0.3 is 10.6 Å². The zero-order valence-electron chi connectivity index (χ0n) is 11.8. The zero-order valence-corrected chi connectivity index (χ0v) is 13.4. The van der Waals surface area contributed by atoms with Gasteiger partial charge in [0.2, 0.25) is 0 Å². The van der Waals surface area contributed by atoms with E-state index in [0.29, 0.717) is 11.6 Å². The number of piperidine rings is 1. The van der Waals surface area contributed by atoms with Crippen molar-refractivity contribution in [1.82, 2.24) is 10.6 Å². The molecule has 2 aliphatic rings. The van der Waals surface area contributed by atoms with Crippen LogP contribution < -0.4 is 10.6 Å². The molecule has 1 saturated carbocycles. The third kappa shape index (κ3) is 2.77. The van der Waals surface area contributed by atoms with Crippen molar-refractivity contribution in [3.63, 3.8) is 0 Å². The minimum atomic E-state index is 0.0574. The van der Waals surface area contributed by atoms with E-state index in [0.717, 1.165) is 35.0 Å². The minimum absolute atomic E-state index is 0.0574. The predicted molar refractivity (Wildman–Crippen MR) is 84.0 cm³/mol. The summed E-state index contributed by atoms with van der Waals surface area (Å²) in [5.74, 6) is 0.0574. The summed E-state index contributed by atoms with van der Waals surface area (Å²) >= 11 is 3.47. The van der Waals surface area contributed by atoms with Crippen molar-refractivity contribution >= 4 is 21.8 Å². The summed E-state index contributed by atoms with van der Waals surface area (Å²) in [6.07, 6.45) is 5.95. The lowest BCUT2D eigenvalue weighted by Gasteiger charge is -2.48. The zero-order chi connectivity index (χ0) is 14.2. The maximum absolute atomic E-state index is 12.3. The van der Waals surface area contributed by atoms with Crippen LogP contribution in [0.5, 0.6) is 0 Å². The summed E-state index contributed by atoms with van der Waals surface area (Å²) in [4.78, 5) is 12.3. The van der Waals surface area contributed by atoms with Gasteiger partial charge in [0, 0.05) is 21.6 Å². The lowest BCUT2D eigenvalue weighted by Crippen LogP contribution is -2.59. The van der Waals surface area contributed by atoms with Crippen LogP contribution in [0, 0.1) is 6.92 Å². The smallest absolute Gasteiger partial charge is 0.251 e. The van der Waals surface area contributed by atoms with Gasteiger partial charge in [-0.2, -0.15) is 0 Å². The van der Waals surface area contributed by atoms with Crippen molar-refractivity contribution in [2.24, 2.45) is 0 Å². The summed E-state index contributed by atoms with van der Waals surface area (Å²) in [6, 6.07) is 6.08. The second-order valence-corrected chi connectivity index (χ2v) is 7.04. The van der Waals surface area contributed by atoms with Crippen LogP contribution in [-0.2, 0) is 0 Å². The highest BCUT2D eigenvalue weighted by Crippen LogP contribution is 2.38. The number of hydrogen-bond acceptors (Lipinski definition) is 2. The standard InChI is InChI=1S/C16H21BrN2O/c1-11-9-12(3-4-14(11)17)15(20)19-13-5-8-18-16(10-13)6-2-7-16/h3-4,9,13,18H,2,5-8,10H2,1H3,(H,19,20). The van der Waals surface area contributed by atoms with Crippen LogP contribution in [0.25, 0.3) is 0 Å². The van der Waals surface area contributed by atoms with E-state index in [1.807, 2.05) is 25.1 Å². The van der Waals surface area contributed by atoms with E-state index >= 15 is 0 Å². The Hall–Kier alpha value is -0.870. The quantitative estimate of drug-likeness (QED) is 0.870. The fourth-order valence-corrected chi connectivity index (χ4v) is 3.57. The van der Waals surface area contributed by atoms with Gasteiger partial charge in [0.1, 0.15) is 0 Å². The summed E-state index contributed by atoms with van der Waals surface area (Å²) in [5.41, 5.74) is 2.18. The Morgan fingerprint density at radius 1 is 1.45 bits per heavy atom. The van der Waals surface area contributed by atoms with Gasteiger partial charge in [0.15, 0.2) is 0 Å². The molecule has 1 heterocycles. The number of halogens is 1. The number of nitrogens with one attached hydrogen (secondary N) is 2. The number of aryl methyl sites for hydroxylation is 1. The second kappa shape index (κ2) is 5.49. The summed E-state index contributed by atoms with van der Waals surface area (Å²) in [7, 11) is 0. The van der Waals surface area contributed by atoms with Crippen LogP contribution in [0.3, 0.4) is 0 Å². The molecule has 0 bridgehead atoms. The molecule has 0 radical (unpaired) electrons. The monoisotopic (exact) mass is 336 g/mol. The topological polar surface area (TPSA) is 41.1 Å². The average molecular weight is 337 g/mol. The van der Waals surface area contributed by atoms with Gasteiger partial charge in [-0.1, -0.05) is 15.9 Å². The molecular formula is C16H21BrN2O. The van der Waals surface area contributed by atoms with Crippen LogP contribution in [0.1, 0.15) is 48.0 Å². The van der Waals surface area contributed by atoms with Crippen molar-refractivity contribution in [2.45, 2.75) is 50.6 Å². The van der Waals surface area contributed by atoms with Gasteiger partial charge in [-0.3, -0.25) is 4.79 Å². The molecule has 108 valence electrons. The molecule has 2 fully saturated rings. The Morgan fingerprint density at radius 2 is 2.25 bits per heavy atom. The Bertz CT molecular complexity index is 525. The Morgan fingerprint density at radius 3 is 2.90 bits per heavy atom. The maximum Gasteiger partial charge on any atom is 0.251 e. The van der Waals surface area contributed by atoms with Crippen molar-refractivity contribution in [3.8, 4) is 0 Å². The molecule has 1 aromatic rings. The Balaban J connectivity index is 1.64. The van der Waals surface area contributed by atoms with Gasteiger partial charge in [-0.05, 0) is 69.3 Å². The van der Waals surface area contributed by atoms with Gasteiger partial charge >= 0.3 is 0 Å². The lowest BCUT2D eigenvalue weighted by molar-refractivity contribution is 0.0853. The number of benzene rings is 1. The van der Waals surface area contributed by atoms with Crippen LogP contribution in [0.4, 0.5) is 0 Å². The highest BCUT2D eigenvalue weighted by atomic mass is 79.9. The van der Waals surface area contributed by atoms with Crippen molar-refractivity contribution in [2.75, 3.05) is 6.54 Å². The summed E-state index contributed by atoms with van der Waals surface area (Å²) < 4.78 is 1.05. The first-order valence-electron chi connectivity index (χ1n) is 7.40. The normalized spacial score (nSPS) is 24.2. The van der Waals surface area contributed by atoms with Gasteiger partial charge in [-0.25, -0.2) is 0 Å². The van der Waals surface area contributed by atoms with E-state index in [-0.39, 0.29) is 5.91 Å². The number of hydrogen-bond donors (Lipinski definition) is 2. The third-order valence-corrected chi connectivity index (χ3v) is 5.59. The Kier molecular flexibility index (Phi) is 3.87. The Labute approximate surface area is 128 Å². The van der Waals surface area contributed by atoms with E-state index in [2.05, 4.69) is 26.6 Å². The molecule has 1 aromatic carbocycles. The molecule has 4 heteroatoms. The first kappa shape index (κ1) is 14.1. The number of carbonyl (C=O) groups is 1. The van der Waals surface area contributed by atoms with Crippen molar-refractivity contribution < 1.29 is 4.79 Å².